The molecule has 0 bridgehead atoms. The van der Waals surface area contributed by atoms with Crippen molar-refractivity contribution in [1.29, 1.82) is 0 Å². The number of alkyl halides is 13. The molecule has 4 nitrogen and oxygen atoms in total. The Hall–Kier alpha value is -6.47. The topological polar surface area (TPSA) is 21.8 Å². The smallest absolute Gasteiger partial charge is 0.384 e. The van der Waals surface area contributed by atoms with Crippen LogP contribution in [0.4, 0.5) is 67.2 Å². The van der Waals surface area contributed by atoms with Crippen molar-refractivity contribution in [1.82, 2.24) is 14.7 Å². The van der Waals surface area contributed by atoms with Crippen molar-refractivity contribution < 1.29 is 61.5 Å². The van der Waals surface area contributed by atoms with Crippen LogP contribution >= 0.6 is 11.6 Å². The van der Waals surface area contributed by atoms with Crippen molar-refractivity contribution in [2.24, 2.45) is 0 Å². The average Bonchev–Trinajstić information content (AvgIpc) is 0.824. The molecule has 0 heterocycles. The third kappa shape index (κ3) is 39.8. The van der Waals surface area contributed by atoms with Gasteiger partial charge in [-0.25, -0.2) is 22.0 Å². The average molecular weight is 1580 g/mol. The molecule has 0 amide bonds. The van der Waals surface area contributed by atoms with Crippen LogP contribution in [0, 0.1) is 12.7 Å². The summed E-state index contributed by atoms with van der Waals surface area (Å²) in [5, 5.41) is 3.88. The van der Waals surface area contributed by atoms with Gasteiger partial charge in [-0.05, 0) is 242 Å². The number of nitrogens with one attached hydrogen (secondary N) is 1. The van der Waals surface area contributed by atoms with E-state index >= 15 is 0 Å². The van der Waals surface area contributed by atoms with Gasteiger partial charge >= 0.3 is 18.5 Å². The summed E-state index contributed by atoms with van der Waals surface area (Å²) >= 11 is 5.85. The van der Waals surface area contributed by atoms with Crippen LogP contribution in [0.5, 0.6) is 0 Å². The van der Waals surface area contributed by atoms with Crippen molar-refractivity contribution in [3.8, 4) is 0 Å². The number of nitrogens with zero attached hydrogens (tertiary/aromatic N) is 3. The van der Waals surface area contributed by atoms with Crippen molar-refractivity contribution in [2.75, 3.05) is 73.8 Å². The Balaban J connectivity index is 0.000000649. The third-order valence-corrected chi connectivity index (χ3v) is 17.7. The molecular weight excluding hydrogens is 1450 g/mol. The van der Waals surface area contributed by atoms with Crippen molar-refractivity contribution in [2.45, 2.75) is 254 Å². The number of hydrogen-bond acceptors (Lipinski definition) is 4. The molecule has 0 aromatic heterocycles. The Morgan fingerprint density at radius 3 is 0.955 bits per heavy atom. The summed E-state index contributed by atoms with van der Waals surface area (Å²) in [7, 11) is 11.6. The largest absolute Gasteiger partial charge is 0.416 e. The van der Waals surface area contributed by atoms with Crippen LogP contribution in [0.2, 0.25) is 5.02 Å². The van der Waals surface area contributed by atoms with Gasteiger partial charge in [0.25, 0.3) is 11.8 Å². The first-order chi connectivity index (χ1) is 49.3. The molecule has 0 aliphatic carbocycles. The maximum absolute atomic E-state index is 13.2. The van der Waals surface area contributed by atoms with Crippen LogP contribution in [0.1, 0.15) is 249 Å². The molecule has 7 rings (SSSR count). The summed E-state index contributed by atoms with van der Waals surface area (Å²) in [6.45, 7) is 49.0. The standard InChI is InChI=1S/C16H24F3N.C15H23F3N2.C15H22F3N.C12H15F3.C12H16F2.C11H16.C10H13Cl/c1-15(2,3)13-9-12(7-6-8-20(4)5)10-14(11-13)16(17,18)19;1-14(2,3)11-8-12(15(16,17)18)10-13(9-11)19-6-7-20(4)5;1-14(2,3)12-8-11(6-7-19(4)5)9-13(10-12)15(16,17)18;1-11(2,3)8-5-9(12(4,14)15)7-10(13)6-8;1-11(2,3)9-6-5-7-10(8-9)12(4,13)14;1-9-5-7-10(8-6-9)11(2,3)4;1-10(2,3)8-5-4-6-9(11)7-8/h9-11H,6-8H2,1-5H3;8-10,19H,6-7H2,1-5H3;8-10H,6-7H2,1-5H3;5-7H,1-4H3;5-8H,1-4H3;5-8H,1-4H3;4-7H,1-3H3. The number of aryl methyl sites for hydroxylation is 2. The second-order valence-electron chi connectivity index (χ2n) is 36.5. The molecule has 0 aliphatic heterocycles. The fraction of sp³-hybridized carbons (Fsp3) is 0.538. The van der Waals surface area contributed by atoms with E-state index in [0.29, 0.717) is 36.2 Å². The fourth-order valence-corrected chi connectivity index (χ4v) is 10.3. The van der Waals surface area contributed by atoms with E-state index in [1.165, 1.54) is 71.3 Å². The van der Waals surface area contributed by atoms with Gasteiger partial charge in [-0.15, -0.1) is 0 Å². The zero-order valence-corrected chi connectivity index (χ0v) is 72.1. The van der Waals surface area contributed by atoms with Gasteiger partial charge in [0, 0.05) is 55.3 Å². The minimum absolute atomic E-state index is 0.0821. The Morgan fingerprint density at radius 1 is 0.300 bits per heavy atom. The van der Waals surface area contributed by atoms with Gasteiger partial charge in [0.2, 0.25) is 0 Å². The number of rotatable bonds is 13. The molecular formula is C91H129ClF14N4. The van der Waals surface area contributed by atoms with Gasteiger partial charge in [-0.2, -0.15) is 39.5 Å². The lowest BCUT2D eigenvalue weighted by Gasteiger charge is -2.22. The number of benzene rings is 7. The van der Waals surface area contributed by atoms with E-state index in [1.807, 2.05) is 197 Å². The van der Waals surface area contributed by atoms with E-state index in [0.717, 1.165) is 78.8 Å². The first-order valence-electron chi connectivity index (χ1n) is 37.2. The molecule has 7 aromatic carbocycles. The van der Waals surface area contributed by atoms with E-state index < -0.39 is 52.9 Å². The summed E-state index contributed by atoms with van der Waals surface area (Å²) in [5.74, 6) is -6.36. The SMILES string of the molecule is CC(C)(C)c1cc(F)cc(C(C)(F)F)c1.CC(C)(C)c1cccc(C(C)(F)F)c1.CC(C)(C)c1cccc(Cl)c1.CN(C)CCCc1cc(C(C)(C)C)cc(C(F)(F)F)c1.CN(C)CCNc1cc(C(C)(C)C)cc(C(F)(F)F)c1.CN(C)CCc1cc(C(C)(C)C)cc(C(F)(F)F)c1.Cc1ccc(C(C)(C)C)cc1. The summed E-state index contributed by atoms with van der Waals surface area (Å²) < 4.78 is 182. The molecule has 0 radical (unpaired) electrons. The van der Waals surface area contributed by atoms with Crippen LogP contribution in [-0.2, 0) is 81.1 Å². The van der Waals surface area contributed by atoms with Gasteiger partial charge in [-0.3, -0.25) is 0 Å². The lowest BCUT2D eigenvalue weighted by molar-refractivity contribution is -0.138. The van der Waals surface area contributed by atoms with E-state index in [9.17, 15) is 61.5 Å². The summed E-state index contributed by atoms with van der Waals surface area (Å²) in [6.07, 6.45) is -10.7. The van der Waals surface area contributed by atoms with Crippen molar-refractivity contribution in [3.05, 3.63) is 240 Å². The first-order valence-corrected chi connectivity index (χ1v) is 37.5. The van der Waals surface area contributed by atoms with Gasteiger partial charge < -0.3 is 20.0 Å². The van der Waals surface area contributed by atoms with E-state index in [4.69, 9.17) is 11.6 Å². The quantitative estimate of drug-likeness (QED) is 0.116. The van der Waals surface area contributed by atoms with Crippen LogP contribution in [0.25, 0.3) is 0 Å². The highest BCUT2D eigenvalue weighted by atomic mass is 35.5. The summed E-state index contributed by atoms with van der Waals surface area (Å²) in [6, 6.07) is 40.0. The predicted molar refractivity (Wildman–Crippen MR) is 436 cm³/mol. The van der Waals surface area contributed by atoms with Gasteiger partial charge in [0.1, 0.15) is 5.82 Å². The summed E-state index contributed by atoms with van der Waals surface area (Å²) in [5.41, 5.74) is 7.05. The van der Waals surface area contributed by atoms with E-state index in [1.54, 1.807) is 18.2 Å². The maximum atomic E-state index is 13.2. The van der Waals surface area contributed by atoms with Crippen LogP contribution in [0.3, 0.4) is 0 Å². The maximum Gasteiger partial charge on any atom is 0.416 e. The van der Waals surface area contributed by atoms with Gasteiger partial charge in [0.15, 0.2) is 0 Å². The molecule has 0 aliphatic rings. The number of likely N-dealkylation sites (N-methyl/N-ethyl adjacent to an activating group) is 2. The minimum Gasteiger partial charge on any atom is -0.384 e. The first kappa shape index (κ1) is 102. The van der Waals surface area contributed by atoms with E-state index in [2.05, 4.69) is 84.1 Å². The number of hydrogen-bond donors (Lipinski definition) is 1. The fourth-order valence-electron chi connectivity index (χ4n) is 10.1. The Kier molecular flexibility index (Phi) is 37.9. The second kappa shape index (κ2) is 41.0. The summed E-state index contributed by atoms with van der Waals surface area (Å²) in [4.78, 5) is 5.99. The lowest BCUT2D eigenvalue weighted by Crippen LogP contribution is -2.21. The number of anilines is 1. The molecule has 0 saturated heterocycles. The molecule has 618 valence electrons. The van der Waals surface area contributed by atoms with Crippen LogP contribution < -0.4 is 5.32 Å². The van der Waals surface area contributed by atoms with Crippen LogP contribution in [0.15, 0.2) is 146 Å². The normalized spacial score (nSPS) is 12.7. The zero-order chi connectivity index (χ0) is 85.8. The second-order valence-corrected chi connectivity index (χ2v) is 37.0. The Bertz CT molecular complexity index is 3640. The van der Waals surface area contributed by atoms with Gasteiger partial charge in [-0.1, -0.05) is 229 Å². The predicted octanol–water partition coefficient (Wildman–Crippen LogP) is 27.8. The highest BCUT2D eigenvalue weighted by molar-refractivity contribution is 6.30. The monoisotopic (exact) mass is 1580 g/mol. The van der Waals surface area contributed by atoms with Crippen molar-refractivity contribution >= 4 is 17.3 Å². The zero-order valence-electron chi connectivity index (χ0n) is 71.3. The number of halogens is 15. The molecule has 0 spiro atoms. The lowest BCUT2D eigenvalue weighted by atomic mass is 9.84. The molecule has 1 N–H and O–H groups in total. The van der Waals surface area contributed by atoms with Gasteiger partial charge in [0.05, 0.1) is 16.7 Å². The van der Waals surface area contributed by atoms with Crippen molar-refractivity contribution in [3.63, 3.8) is 0 Å². The highest BCUT2D eigenvalue weighted by Gasteiger charge is 2.36. The molecule has 19 heteroatoms. The Labute approximate surface area is 657 Å². The Morgan fingerprint density at radius 2 is 0.600 bits per heavy atom. The highest BCUT2D eigenvalue weighted by Crippen LogP contribution is 2.39. The molecule has 7 aromatic rings. The molecule has 110 heavy (non-hydrogen) atoms. The minimum atomic E-state index is -4.32. The molecule has 0 fully saturated rings. The molecule has 0 unspecified atom stereocenters. The molecule has 0 atom stereocenters. The third-order valence-electron chi connectivity index (χ3n) is 17.4. The molecule has 0 saturated carbocycles. The van der Waals surface area contributed by atoms with E-state index in [-0.39, 0.29) is 49.0 Å². The van der Waals surface area contributed by atoms with Crippen LogP contribution in [-0.4, -0.2) is 83.2 Å².